The van der Waals surface area contributed by atoms with Gasteiger partial charge in [0.1, 0.15) is 5.69 Å². The zero-order chi connectivity index (χ0) is 21.1. The summed E-state index contributed by atoms with van der Waals surface area (Å²) in [7, 11) is 0. The van der Waals surface area contributed by atoms with Gasteiger partial charge in [-0.3, -0.25) is 9.59 Å². The number of halogens is 1. The van der Waals surface area contributed by atoms with Crippen LogP contribution < -0.4 is 10.9 Å². The number of carbonyl (C=O) groups is 1. The molecule has 10 heteroatoms. The van der Waals surface area contributed by atoms with Crippen molar-refractivity contribution in [2.45, 2.75) is 6.42 Å². The largest absolute Gasteiger partial charge is 0.505 e. The minimum Gasteiger partial charge on any atom is -0.505 e. The number of aromatic amines is 1. The molecule has 8 nitrogen and oxygen atoms in total. The molecule has 1 amide bonds. The Labute approximate surface area is 183 Å². The van der Waals surface area contributed by atoms with Gasteiger partial charge in [0.25, 0.3) is 11.5 Å². The van der Waals surface area contributed by atoms with Gasteiger partial charge >= 0.3 is 0 Å². The number of amides is 1. The Morgan fingerprint density at radius 3 is 2.80 bits per heavy atom. The van der Waals surface area contributed by atoms with Crippen molar-refractivity contribution in [1.29, 1.82) is 0 Å². The fourth-order valence-electron chi connectivity index (χ4n) is 2.90. The minimum atomic E-state index is -0.574. The molecule has 3 heterocycles. The van der Waals surface area contributed by atoms with Crippen molar-refractivity contribution in [3.63, 3.8) is 0 Å². The van der Waals surface area contributed by atoms with E-state index in [4.69, 9.17) is 0 Å². The Morgan fingerprint density at radius 2 is 2.07 bits per heavy atom. The van der Waals surface area contributed by atoms with E-state index in [1.165, 1.54) is 0 Å². The molecular weight excluding hydrogens is 470 g/mol. The van der Waals surface area contributed by atoms with E-state index in [0.717, 1.165) is 31.5 Å². The zero-order valence-corrected chi connectivity index (χ0v) is 17.9. The molecule has 0 aliphatic heterocycles. The smallest absolute Gasteiger partial charge is 0.275 e. The Morgan fingerprint density at radius 1 is 1.27 bits per heavy atom. The van der Waals surface area contributed by atoms with Crippen molar-refractivity contribution in [3.8, 4) is 22.0 Å². The van der Waals surface area contributed by atoms with E-state index in [0.29, 0.717) is 18.7 Å². The third kappa shape index (κ3) is 4.19. The molecule has 3 aromatic heterocycles. The van der Waals surface area contributed by atoms with Gasteiger partial charge in [-0.05, 0) is 35.7 Å². The lowest BCUT2D eigenvalue weighted by Crippen LogP contribution is -2.30. The van der Waals surface area contributed by atoms with Gasteiger partial charge in [-0.25, -0.2) is 4.98 Å². The zero-order valence-electron chi connectivity index (χ0n) is 15.5. The summed E-state index contributed by atoms with van der Waals surface area (Å²) in [5, 5.41) is 18.8. The predicted molar refractivity (Wildman–Crippen MR) is 117 cm³/mol. The summed E-state index contributed by atoms with van der Waals surface area (Å²) in [4.78, 5) is 33.3. The number of nitrogens with zero attached hydrogens (tertiary/aromatic N) is 3. The normalized spacial score (nSPS) is 10.8. The molecule has 0 fully saturated rings. The molecule has 0 radical (unpaired) electrons. The molecule has 0 atom stereocenters. The Hall–Kier alpha value is -3.24. The number of H-pyrrole nitrogens is 1. The highest BCUT2D eigenvalue weighted by Crippen LogP contribution is 2.25. The first-order valence-electron chi connectivity index (χ1n) is 8.96. The highest BCUT2D eigenvalue weighted by molar-refractivity contribution is 9.10. The van der Waals surface area contributed by atoms with Gasteiger partial charge in [0.2, 0.25) is 0 Å². The maximum atomic E-state index is 12.6. The number of thiophene rings is 1. The number of carbonyl (C=O) groups excluding carboxylic acids is 1. The summed E-state index contributed by atoms with van der Waals surface area (Å²) in [6.07, 6.45) is 2.14. The second kappa shape index (κ2) is 8.64. The summed E-state index contributed by atoms with van der Waals surface area (Å²) < 4.78 is 1.92. The number of rotatable bonds is 6. The molecule has 4 rings (SSSR count). The lowest BCUT2D eigenvalue weighted by atomic mass is 10.2. The van der Waals surface area contributed by atoms with Crippen molar-refractivity contribution in [2.75, 3.05) is 6.54 Å². The highest BCUT2D eigenvalue weighted by atomic mass is 79.9. The monoisotopic (exact) mass is 485 g/mol. The molecule has 0 unspecified atom stereocenters. The van der Waals surface area contributed by atoms with Crippen LogP contribution in [0.5, 0.6) is 5.75 Å². The van der Waals surface area contributed by atoms with Crippen LogP contribution >= 0.6 is 27.3 Å². The molecule has 0 aliphatic carbocycles. The van der Waals surface area contributed by atoms with E-state index in [2.05, 4.69) is 36.3 Å². The van der Waals surface area contributed by atoms with Gasteiger partial charge in [-0.1, -0.05) is 22.0 Å². The molecule has 30 heavy (non-hydrogen) atoms. The summed E-state index contributed by atoms with van der Waals surface area (Å²) in [6.45, 7) is 0.304. The first kappa shape index (κ1) is 20.0. The van der Waals surface area contributed by atoms with Crippen LogP contribution in [-0.4, -0.2) is 37.3 Å². The van der Waals surface area contributed by atoms with Crippen molar-refractivity contribution in [1.82, 2.24) is 25.1 Å². The molecule has 0 aliphatic rings. The lowest BCUT2D eigenvalue weighted by Gasteiger charge is -2.09. The van der Waals surface area contributed by atoms with Crippen LogP contribution in [0.15, 0.2) is 63.4 Å². The van der Waals surface area contributed by atoms with Crippen LogP contribution in [0.1, 0.15) is 16.2 Å². The highest BCUT2D eigenvalue weighted by Gasteiger charge is 2.17. The van der Waals surface area contributed by atoms with Gasteiger partial charge in [0, 0.05) is 29.2 Å². The Kier molecular flexibility index (Phi) is 5.77. The van der Waals surface area contributed by atoms with E-state index in [9.17, 15) is 14.7 Å². The van der Waals surface area contributed by atoms with Crippen molar-refractivity contribution >= 4 is 33.2 Å². The van der Waals surface area contributed by atoms with E-state index in [1.54, 1.807) is 41.9 Å². The van der Waals surface area contributed by atoms with Gasteiger partial charge in [-0.2, -0.15) is 9.78 Å². The fraction of sp³-hybridized carbons (Fsp3) is 0.100. The molecule has 152 valence electrons. The Balaban J connectivity index is 1.49. The Bertz CT molecular complexity index is 1230. The van der Waals surface area contributed by atoms with Crippen LogP contribution in [0.4, 0.5) is 0 Å². The third-order valence-electron chi connectivity index (χ3n) is 4.33. The van der Waals surface area contributed by atoms with E-state index in [1.807, 2.05) is 17.5 Å². The SMILES string of the molecule is O=C(NCCc1[nH]cnc1-c1cccs1)c1nn(-c2ccc(Br)cc2)c(=O)cc1O. The second-order valence-corrected chi connectivity index (χ2v) is 8.18. The standard InChI is InChI=1S/C20H16BrN5O3S/c21-12-3-5-13(6-4-12)26-17(28)10-15(27)19(25-26)20(29)22-8-7-14-18(24-11-23-14)16-2-1-9-30-16/h1-6,9-11,27H,7-8H2,(H,22,29)(H,23,24). The lowest BCUT2D eigenvalue weighted by molar-refractivity contribution is 0.0944. The molecule has 0 saturated carbocycles. The number of aromatic hydroxyl groups is 1. The first-order chi connectivity index (χ1) is 14.5. The van der Waals surface area contributed by atoms with Gasteiger partial charge in [0.15, 0.2) is 11.4 Å². The molecule has 4 aromatic rings. The number of aromatic nitrogens is 4. The number of hydrogen-bond donors (Lipinski definition) is 3. The van der Waals surface area contributed by atoms with Gasteiger partial charge in [-0.15, -0.1) is 11.3 Å². The van der Waals surface area contributed by atoms with Crippen molar-refractivity contribution < 1.29 is 9.90 Å². The van der Waals surface area contributed by atoms with Crippen LogP contribution in [0.2, 0.25) is 0 Å². The summed E-state index contributed by atoms with van der Waals surface area (Å²) in [6, 6.07) is 11.8. The third-order valence-corrected chi connectivity index (χ3v) is 5.74. The average molecular weight is 486 g/mol. The van der Waals surface area contributed by atoms with E-state index >= 15 is 0 Å². The topological polar surface area (TPSA) is 113 Å². The molecule has 0 bridgehead atoms. The summed E-state index contributed by atoms with van der Waals surface area (Å²) >= 11 is 4.92. The first-order valence-corrected chi connectivity index (χ1v) is 10.6. The number of nitrogens with one attached hydrogen (secondary N) is 2. The summed E-state index contributed by atoms with van der Waals surface area (Å²) in [5.41, 5.74) is 1.47. The van der Waals surface area contributed by atoms with E-state index < -0.39 is 17.2 Å². The quantitative estimate of drug-likeness (QED) is 0.388. The van der Waals surface area contributed by atoms with Gasteiger partial charge in [0.05, 0.1) is 16.9 Å². The molecule has 1 aromatic carbocycles. The van der Waals surface area contributed by atoms with Crippen molar-refractivity contribution in [2.24, 2.45) is 0 Å². The van der Waals surface area contributed by atoms with Crippen molar-refractivity contribution in [3.05, 3.63) is 80.4 Å². The van der Waals surface area contributed by atoms with Crippen LogP contribution in [-0.2, 0) is 6.42 Å². The molecular formula is C20H16BrN5O3S. The van der Waals surface area contributed by atoms with Crippen LogP contribution in [0, 0.1) is 0 Å². The van der Waals surface area contributed by atoms with Gasteiger partial charge < -0.3 is 15.4 Å². The second-order valence-electron chi connectivity index (χ2n) is 6.32. The van der Waals surface area contributed by atoms with E-state index in [-0.39, 0.29) is 5.69 Å². The summed E-state index contributed by atoms with van der Waals surface area (Å²) in [5.74, 6) is -1.04. The van der Waals surface area contributed by atoms with Crippen LogP contribution in [0.25, 0.3) is 16.3 Å². The maximum absolute atomic E-state index is 12.6. The molecule has 0 saturated heterocycles. The predicted octanol–water partition coefficient (Wildman–Crippen LogP) is 3.12. The molecule has 0 spiro atoms. The number of hydrogen-bond acceptors (Lipinski definition) is 6. The number of imidazole rings is 1. The molecule has 3 N–H and O–H groups in total. The maximum Gasteiger partial charge on any atom is 0.275 e. The minimum absolute atomic E-state index is 0.222. The average Bonchev–Trinajstić information content (AvgIpc) is 3.40. The number of benzene rings is 1. The van der Waals surface area contributed by atoms with Crippen LogP contribution in [0.3, 0.4) is 0 Å². The fourth-order valence-corrected chi connectivity index (χ4v) is 3.91.